The largest absolute Gasteiger partial charge is 0.175 e. The monoisotopic (exact) mass is 380 g/mol. The highest BCUT2D eigenvalue weighted by Gasteiger charge is 2.03. The van der Waals surface area contributed by atoms with E-state index in [1.165, 1.54) is 44.5 Å². The maximum Gasteiger partial charge on any atom is 0.0154 e. The molecule has 4 aromatic rings. The molecular weight excluding hydrogens is 356 g/mol. The summed E-state index contributed by atoms with van der Waals surface area (Å²) in [5.41, 5.74) is 10.1. The normalized spacial score (nSPS) is 10.8. The van der Waals surface area contributed by atoms with Crippen LogP contribution in [0.2, 0.25) is 0 Å². The molecular formula is C27H24S. The lowest BCUT2D eigenvalue weighted by molar-refractivity contribution is 1.14. The molecule has 0 aromatic heterocycles. The van der Waals surface area contributed by atoms with E-state index in [4.69, 9.17) is 0 Å². The molecule has 0 spiro atoms. The minimum Gasteiger partial charge on any atom is -0.175 e. The van der Waals surface area contributed by atoms with E-state index in [2.05, 4.69) is 117 Å². The van der Waals surface area contributed by atoms with Gasteiger partial charge >= 0.3 is 0 Å². The lowest BCUT2D eigenvalue weighted by Gasteiger charge is -2.08. The second kappa shape index (κ2) is 8.50. The quantitative estimate of drug-likeness (QED) is 0.337. The Bertz CT molecular complexity index is 936. The molecule has 1 heteroatoms. The summed E-state index contributed by atoms with van der Waals surface area (Å²) in [6.45, 7) is 2.19. The third-order valence-electron chi connectivity index (χ3n) is 5.27. The van der Waals surface area contributed by atoms with E-state index in [-0.39, 0.29) is 0 Å². The third-order valence-corrected chi connectivity index (χ3v) is 5.63. The van der Waals surface area contributed by atoms with Crippen LogP contribution in [0.3, 0.4) is 0 Å². The van der Waals surface area contributed by atoms with E-state index in [0.29, 0.717) is 0 Å². The summed E-state index contributed by atoms with van der Waals surface area (Å²) in [6, 6.07) is 35.1. The highest BCUT2D eigenvalue weighted by molar-refractivity contribution is 7.79. The Balaban J connectivity index is 1.53. The molecule has 4 aromatic carbocycles. The van der Waals surface area contributed by atoms with E-state index in [9.17, 15) is 0 Å². The van der Waals surface area contributed by atoms with Gasteiger partial charge in [-0.3, -0.25) is 0 Å². The number of aryl methyl sites for hydroxylation is 1. The standard InChI is InChI=1S/C27H24S/c1-2-20-3-7-22(8-4-20)24-11-15-26(16-12-24)27-17-13-25(14-18-27)23-9-5-21(19-28)6-10-23/h3-18,28H,2,19H2,1H3. The summed E-state index contributed by atoms with van der Waals surface area (Å²) in [4.78, 5) is 0. The van der Waals surface area contributed by atoms with Gasteiger partial charge in [0.25, 0.3) is 0 Å². The third kappa shape index (κ3) is 4.05. The van der Waals surface area contributed by atoms with E-state index >= 15 is 0 Å². The number of benzene rings is 4. The van der Waals surface area contributed by atoms with Gasteiger partial charge in [-0.15, -0.1) is 0 Å². The minimum absolute atomic E-state index is 0.776. The number of rotatable bonds is 5. The van der Waals surface area contributed by atoms with Gasteiger partial charge in [0.1, 0.15) is 0 Å². The summed E-state index contributed by atoms with van der Waals surface area (Å²) in [5.74, 6) is 0.776. The maximum atomic E-state index is 4.32. The molecule has 0 aliphatic rings. The summed E-state index contributed by atoms with van der Waals surface area (Å²) in [7, 11) is 0. The van der Waals surface area contributed by atoms with Crippen LogP contribution >= 0.6 is 12.6 Å². The summed E-state index contributed by atoms with van der Waals surface area (Å²) in [6.07, 6.45) is 1.08. The molecule has 0 radical (unpaired) electrons. The number of hydrogen-bond acceptors (Lipinski definition) is 1. The Hall–Kier alpha value is -2.77. The number of hydrogen-bond donors (Lipinski definition) is 1. The van der Waals surface area contributed by atoms with E-state index < -0.39 is 0 Å². The second-order valence-corrected chi connectivity index (χ2v) is 7.38. The van der Waals surface area contributed by atoms with E-state index in [0.717, 1.165) is 12.2 Å². The Morgan fingerprint density at radius 2 is 0.679 bits per heavy atom. The molecule has 0 amide bonds. The first-order valence-electron chi connectivity index (χ1n) is 9.77. The molecule has 0 saturated heterocycles. The molecule has 0 atom stereocenters. The molecule has 0 heterocycles. The Labute approximate surface area is 173 Å². The van der Waals surface area contributed by atoms with Crippen molar-refractivity contribution >= 4 is 12.6 Å². The van der Waals surface area contributed by atoms with Crippen molar-refractivity contribution in [2.75, 3.05) is 0 Å². The fourth-order valence-corrected chi connectivity index (χ4v) is 3.66. The Morgan fingerprint density at radius 1 is 0.429 bits per heavy atom. The smallest absolute Gasteiger partial charge is 0.0154 e. The zero-order valence-corrected chi connectivity index (χ0v) is 17.0. The van der Waals surface area contributed by atoms with Gasteiger partial charge in [0.05, 0.1) is 0 Å². The zero-order chi connectivity index (χ0) is 19.3. The van der Waals surface area contributed by atoms with Gasteiger partial charge in [0.2, 0.25) is 0 Å². The lowest BCUT2D eigenvalue weighted by atomic mass is 9.97. The molecule has 28 heavy (non-hydrogen) atoms. The predicted octanol–water partition coefficient (Wildman–Crippen LogP) is 7.68. The van der Waals surface area contributed by atoms with Crippen LogP contribution in [0.4, 0.5) is 0 Å². The SMILES string of the molecule is CCc1ccc(-c2ccc(-c3ccc(-c4ccc(CS)cc4)cc3)cc2)cc1. The van der Waals surface area contributed by atoms with Crippen molar-refractivity contribution in [1.82, 2.24) is 0 Å². The van der Waals surface area contributed by atoms with Crippen LogP contribution in [0, 0.1) is 0 Å². The lowest BCUT2D eigenvalue weighted by Crippen LogP contribution is -1.84. The summed E-state index contributed by atoms with van der Waals surface area (Å²) >= 11 is 4.32. The van der Waals surface area contributed by atoms with Crippen LogP contribution < -0.4 is 0 Å². The molecule has 0 aliphatic heterocycles. The minimum atomic E-state index is 0.776. The maximum absolute atomic E-state index is 4.32. The average molecular weight is 381 g/mol. The summed E-state index contributed by atoms with van der Waals surface area (Å²) in [5, 5.41) is 0. The van der Waals surface area contributed by atoms with Crippen LogP contribution in [-0.4, -0.2) is 0 Å². The Kier molecular flexibility index (Phi) is 5.64. The van der Waals surface area contributed by atoms with Crippen molar-refractivity contribution in [2.24, 2.45) is 0 Å². The van der Waals surface area contributed by atoms with Gasteiger partial charge in [-0.05, 0) is 50.9 Å². The molecule has 0 unspecified atom stereocenters. The second-order valence-electron chi connectivity index (χ2n) is 7.06. The van der Waals surface area contributed by atoms with Gasteiger partial charge in [-0.25, -0.2) is 0 Å². The fourth-order valence-electron chi connectivity index (χ4n) is 3.45. The highest BCUT2D eigenvalue weighted by atomic mass is 32.1. The van der Waals surface area contributed by atoms with Gasteiger partial charge in [0.15, 0.2) is 0 Å². The van der Waals surface area contributed by atoms with Crippen LogP contribution in [0.25, 0.3) is 33.4 Å². The van der Waals surface area contributed by atoms with Crippen LogP contribution in [0.5, 0.6) is 0 Å². The topological polar surface area (TPSA) is 0 Å². The van der Waals surface area contributed by atoms with E-state index in [1.54, 1.807) is 0 Å². The molecule has 0 fully saturated rings. The van der Waals surface area contributed by atoms with Crippen LogP contribution in [0.1, 0.15) is 18.1 Å². The first kappa shape index (κ1) is 18.6. The first-order chi connectivity index (χ1) is 13.8. The molecule has 0 saturated carbocycles. The van der Waals surface area contributed by atoms with Crippen molar-refractivity contribution in [3.63, 3.8) is 0 Å². The zero-order valence-electron chi connectivity index (χ0n) is 16.1. The molecule has 0 bridgehead atoms. The molecule has 138 valence electrons. The van der Waals surface area contributed by atoms with Crippen molar-refractivity contribution in [3.8, 4) is 33.4 Å². The van der Waals surface area contributed by atoms with Crippen molar-refractivity contribution in [1.29, 1.82) is 0 Å². The van der Waals surface area contributed by atoms with Crippen LogP contribution in [-0.2, 0) is 12.2 Å². The van der Waals surface area contributed by atoms with Crippen molar-refractivity contribution in [2.45, 2.75) is 19.1 Å². The van der Waals surface area contributed by atoms with Gasteiger partial charge < -0.3 is 0 Å². The molecule has 4 rings (SSSR count). The van der Waals surface area contributed by atoms with Crippen molar-refractivity contribution < 1.29 is 0 Å². The van der Waals surface area contributed by atoms with Gasteiger partial charge in [0, 0.05) is 5.75 Å². The molecule has 0 aliphatic carbocycles. The predicted molar refractivity (Wildman–Crippen MR) is 125 cm³/mol. The highest BCUT2D eigenvalue weighted by Crippen LogP contribution is 2.28. The molecule has 0 nitrogen and oxygen atoms in total. The van der Waals surface area contributed by atoms with Gasteiger partial charge in [-0.1, -0.05) is 104 Å². The van der Waals surface area contributed by atoms with Gasteiger partial charge in [-0.2, -0.15) is 12.6 Å². The average Bonchev–Trinajstić information content (AvgIpc) is 2.79. The van der Waals surface area contributed by atoms with Crippen molar-refractivity contribution in [3.05, 3.63) is 108 Å². The summed E-state index contributed by atoms with van der Waals surface area (Å²) < 4.78 is 0. The first-order valence-corrected chi connectivity index (χ1v) is 10.4. The fraction of sp³-hybridized carbons (Fsp3) is 0.111. The van der Waals surface area contributed by atoms with Crippen LogP contribution in [0.15, 0.2) is 97.1 Å². The van der Waals surface area contributed by atoms with E-state index in [1.807, 2.05) is 0 Å². The number of thiol groups is 1. The Morgan fingerprint density at radius 3 is 0.929 bits per heavy atom. The molecule has 0 N–H and O–H groups in total.